The molecule has 0 spiro atoms. The maximum Gasteiger partial charge on any atom is 0.238 e. The van der Waals surface area contributed by atoms with Crippen LogP contribution in [0, 0.1) is 0 Å². The van der Waals surface area contributed by atoms with Crippen LogP contribution in [-0.4, -0.2) is 41.3 Å². The molecule has 134 valence electrons. The van der Waals surface area contributed by atoms with E-state index in [1.807, 2.05) is 30.3 Å². The SMILES string of the molecule is COc1ccc(NC(=O)[C@@H]2CC(=O)N(C)C(=Nc3ccccc3)S2)cc1. The molecule has 0 bridgehead atoms. The van der Waals surface area contributed by atoms with Crippen LogP contribution in [0.25, 0.3) is 0 Å². The Hall–Kier alpha value is -2.80. The van der Waals surface area contributed by atoms with Gasteiger partial charge >= 0.3 is 0 Å². The second-order valence-corrected chi connectivity index (χ2v) is 6.88. The van der Waals surface area contributed by atoms with Crippen molar-refractivity contribution in [3.05, 3.63) is 54.6 Å². The zero-order valence-corrected chi connectivity index (χ0v) is 15.3. The van der Waals surface area contributed by atoms with Crippen molar-refractivity contribution in [3.8, 4) is 5.75 Å². The van der Waals surface area contributed by atoms with Gasteiger partial charge in [0, 0.05) is 19.2 Å². The largest absolute Gasteiger partial charge is 0.497 e. The molecular weight excluding hydrogens is 350 g/mol. The number of nitrogens with zero attached hydrogens (tertiary/aromatic N) is 2. The highest BCUT2D eigenvalue weighted by Gasteiger charge is 2.34. The van der Waals surface area contributed by atoms with Crippen LogP contribution in [0.1, 0.15) is 6.42 Å². The molecule has 1 aliphatic heterocycles. The second-order valence-electron chi connectivity index (χ2n) is 5.71. The molecule has 0 saturated carbocycles. The molecule has 1 atom stereocenters. The number of hydrogen-bond donors (Lipinski definition) is 1. The van der Waals surface area contributed by atoms with E-state index in [0.717, 1.165) is 5.69 Å². The van der Waals surface area contributed by atoms with Crippen molar-refractivity contribution in [2.75, 3.05) is 19.5 Å². The minimum Gasteiger partial charge on any atom is -0.497 e. The van der Waals surface area contributed by atoms with Gasteiger partial charge in [-0.1, -0.05) is 30.0 Å². The Morgan fingerprint density at radius 1 is 1.19 bits per heavy atom. The van der Waals surface area contributed by atoms with Crippen molar-refractivity contribution in [1.82, 2.24) is 4.90 Å². The minimum absolute atomic E-state index is 0.131. The first kappa shape index (κ1) is 18.0. The van der Waals surface area contributed by atoms with Crippen LogP contribution >= 0.6 is 11.8 Å². The van der Waals surface area contributed by atoms with Gasteiger partial charge < -0.3 is 10.1 Å². The molecule has 26 heavy (non-hydrogen) atoms. The van der Waals surface area contributed by atoms with Gasteiger partial charge in [0.05, 0.1) is 12.8 Å². The zero-order chi connectivity index (χ0) is 18.5. The molecule has 1 aliphatic rings. The highest BCUT2D eigenvalue weighted by atomic mass is 32.2. The maximum absolute atomic E-state index is 12.6. The summed E-state index contributed by atoms with van der Waals surface area (Å²) in [5.74, 6) is 0.361. The molecule has 1 fully saturated rings. The van der Waals surface area contributed by atoms with Crippen LogP contribution in [0.3, 0.4) is 0 Å². The number of nitrogens with one attached hydrogen (secondary N) is 1. The second kappa shape index (κ2) is 8.05. The first-order chi connectivity index (χ1) is 12.6. The highest BCUT2D eigenvalue weighted by Crippen LogP contribution is 2.29. The summed E-state index contributed by atoms with van der Waals surface area (Å²) in [7, 11) is 3.26. The molecule has 2 amide bonds. The lowest BCUT2D eigenvalue weighted by Crippen LogP contribution is -2.43. The van der Waals surface area contributed by atoms with Crippen molar-refractivity contribution in [3.63, 3.8) is 0 Å². The van der Waals surface area contributed by atoms with Crippen molar-refractivity contribution in [2.45, 2.75) is 11.7 Å². The molecule has 2 aromatic carbocycles. The van der Waals surface area contributed by atoms with Crippen LogP contribution in [0.5, 0.6) is 5.75 Å². The molecule has 0 unspecified atom stereocenters. The van der Waals surface area contributed by atoms with Crippen molar-refractivity contribution in [1.29, 1.82) is 0 Å². The number of benzene rings is 2. The molecule has 6 nitrogen and oxygen atoms in total. The zero-order valence-electron chi connectivity index (χ0n) is 14.5. The fourth-order valence-corrected chi connectivity index (χ4v) is 3.47. The Morgan fingerprint density at radius 2 is 1.88 bits per heavy atom. The van der Waals surface area contributed by atoms with Crippen LogP contribution in [0.4, 0.5) is 11.4 Å². The third kappa shape index (κ3) is 4.23. The molecule has 0 aromatic heterocycles. The Balaban J connectivity index is 1.73. The molecule has 0 radical (unpaired) electrons. The highest BCUT2D eigenvalue weighted by molar-refractivity contribution is 8.15. The van der Waals surface area contributed by atoms with Crippen LogP contribution in [0.2, 0.25) is 0 Å². The summed E-state index contributed by atoms with van der Waals surface area (Å²) in [4.78, 5) is 30.9. The van der Waals surface area contributed by atoms with E-state index in [9.17, 15) is 9.59 Å². The molecule has 3 rings (SSSR count). The van der Waals surface area contributed by atoms with E-state index in [1.165, 1.54) is 16.7 Å². The summed E-state index contributed by atoms with van der Waals surface area (Å²) in [6.07, 6.45) is 0.136. The Bertz CT molecular complexity index is 822. The topological polar surface area (TPSA) is 71.0 Å². The number of ether oxygens (including phenoxy) is 1. The quantitative estimate of drug-likeness (QED) is 0.898. The standard InChI is InChI=1S/C19H19N3O3S/c1-22-17(23)12-16(26-19(22)21-13-6-4-3-5-7-13)18(24)20-14-8-10-15(25-2)11-9-14/h3-11,16H,12H2,1-2H3,(H,20,24)/t16-/m0/s1. The van der Waals surface area contributed by atoms with E-state index in [-0.39, 0.29) is 18.2 Å². The number of amidine groups is 1. The van der Waals surface area contributed by atoms with Crippen LogP contribution in [0.15, 0.2) is 59.6 Å². The van der Waals surface area contributed by atoms with E-state index in [4.69, 9.17) is 4.74 Å². The predicted octanol–water partition coefficient (Wildman–Crippen LogP) is 3.29. The smallest absolute Gasteiger partial charge is 0.238 e. The number of carbonyl (C=O) groups is 2. The number of anilines is 1. The number of methoxy groups -OCH3 is 1. The van der Waals surface area contributed by atoms with Gasteiger partial charge in [-0.25, -0.2) is 4.99 Å². The maximum atomic E-state index is 12.6. The number of rotatable bonds is 4. The molecular formula is C19H19N3O3S. The third-order valence-corrected chi connectivity index (χ3v) is 5.14. The lowest BCUT2D eigenvalue weighted by molar-refractivity contribution is -0.128. The van der Waals surface area contributed by atoms with Crippen molar-refractivity contribution in [2.24, 2.45) is 4.99 Å². The van der Waals surface area contributed by atoms with Gasteiger partial charge in [-0.2, -0.15) is 0 Å². The van der Waals surface area contributed by atoms with Crippen LogP contribution in [-0.2, 0) is 9.59 Å². The fourth-order valence-electron chi connectivity index (χ4n) is 2.41. The van der Waals surface area contributed by atoms with Gasteiger partial charge in [0.2, 0.25) is 11.8 Å². The molecule has 1 saturated heterocycles. The lowest BCUT2D eigenvalue weighted by atomic mass is 10.2. The van der Waals surface area contributed by atoms with Crippen molar-refractivity contribution < 1.29 is 14.3 Å². The van der Waals surface area contributed by atoms with Gasteiger partial charge in [0.1, 0.15) is 11.0 Å². The number of amides is 2. The number of hydrogen-bond acceptors (Lipinski definition) is 5. The van der Waals surface area contributed by atoms with Gasteiger partial charge in [-0.15, -0.1) is 0 Å². The van der Waals surface area contributed by atoms with E-state index >= 15 is 0 Å². The van der Waals surface area contributed by atoms with E-state index in [2.05, 4.69) is 10.3 Å². The molecule has 7 heteroatoms. The third-order valence-electron chi connectivity index (χ3n) is 3.90. The van der Waals surface area contributed by atoms with E-state index < -0.39 is 5.25 Å². The summed E-state index contributed by atoms with van der Waals surface area (Å²) in [5.41, 5.74) is 1.40. The predicted molar refractivity (Wildman–Crippen MR) is 104 cm³/mol. The minimum atomic E-state index is -0.525. The molecule has 0 aliphatic carbocycles. The normalized spacial score (nSPS) is 18.7. The number of carbonyl (C=O) groups excluding carboxylic acids is 2. The Kier molecular flexibility index (Phi) is 5.58. The summed E-state index contributed by atoms with van der Waals surface area (Å²) in [5, 5.41) is 2.83. The Morgan fingerprint density at radius 3 is 2.54 bits per heavy atom. The first-order valence-electron chi connectivity index (χ1n) is 8.08. The Labute approximate surface area is 156 Å². The van der Waals surface area contributed by atoms with Crippen LogP contribution < -0.4 is 10.1 Å². The van der Waals surface area contributed by atoms with Gasteiger partial charge in [0.25, 0.3) is 0 Å². The molecule has 2 aromatic rings. The van der Waals surface area contributed by atoms with Gasteiger partial charge in [-0.3, -0.25) is 14.5 Å². The average molecular weight is 369 g/mol. The summed E-state index contributed by atoms with van der Waals surface area (Å²) in [6, 6.07) is 16.4. The molecule has 1 heterocycles. The monoisotopic (exact) mass is 369 g/mol. The molecule has 1 N–H and O–H groups in total. The van der Waals surface area contributed by atoms with E-state index in [1.54, 1.807) is 38.4 Å². The first-order valence-corrected chi connectivity index (χ1v) is 8.96. The van der Waals surface area contributed by atoms with Gasteiger partial charge in [-0.05, 0) is 36.4 Å². The number of aliphatic imine (C=N–C) groups is 1. The van der Waals surface area contributed by atoms with E-state index in [0.29, 0.717) is 16.6 Å². The average Bonchev–Trinajstić information content (AvgIpc) is 2.66. The summed E-state index contributed by atoms with van der Waals surface area (Å²) < 4.78 is 5.10. The summed E-state index contributed by atoms with van der Waals surface area (Å²) >= 11 is 1.29. The van der Waals surface area contributed by atoms with Gasteiger partial charge in [0.15, 0.2) is 5.17 Å². The summed E-state index contributed by atoms with van der Waals surface area (Å²) in [6.45, 7) is 0. The lowest BCUT2D eigenvalue weighted by Gasteiger charge is -2.28. The number of para-hydroxylation sites is 1. The fraction of sp³-hybridized carbons (Fsp3) is 0.211. The number of thioether (sulfide) groups is 1. The van der Waals surface area contributed by atoms with Crippen molar-refractivity contribution >= 4 is 40.1 Å².